The molecule has 0 spiro atoms. The number of hydrogen-bond acceptors (Lipinski definition) is 3. The predicted molar refractivity (Wildman–Crippen MR) is 73.0 cm³/mol. The summed E-state index contributed by atoms with van der Waals surface area (Å²) in [6.45, 7) is 4.33. The molecule has 19 heavy (non-hydrogen) atoms. The molecule has 104 valence electrons. The van der Waals surface area contributed by atoms with E-state index >= 15 is 0 Å². The van der Waals surface area contributed by atoms with Crippen LogP contribution in [0.3, 0.4) is 0 Å². The maximum absolute atomic E-state index is 11.4. The van der Waals surface area contributed by atoms with Gasteiger partial charge in [-0.1, -0.05) is 19.1 Å². The lowest BCUT2D eigenvalue weighted by Crippen LogP contribution is -2.43. The van der Waals surface area contributed by atoms with Crippen molar-refractivity contribution >= 4 is 5.97 Å². The monoisotopic (exact) mass is 263 g/mol. The Balaban J connectivity index is 1.95. The van der Waals surface area contributed by atoms with Gasteiger partial charge in [0.1, 0.15) is 5.75 Å². The van der Waals surface area contributed by atoms with Crippen LogP contribution in [0.1, 0.15) is 31.7 Å². The quantitative estimate of drug-likeness (QED) is 0.876. The zero-order chi connectivity index (χ0) is 13.9. The maximum atomic E-state index is 11.4. The molecule has 0 bridgehead atoms. The fraction of sp³-hybridized carbons (Fsp3) is 0.533. The van der Waals surface area contributed by atoms with Crippen LogP contribution in [0.2, 0.25) is 0 Å². The molecule has 0 aromatic heterocycles. The van der Waals surface area contributed by atoms with Gasteiger partial charge >= 0.3 is 5.97 Å². The Morgan fingerprint density at radius 1 is 1.37 bits per heavy atom. The van der Waals surface area contributed by atoms with E-state index in [2.05, 4.69) is 4.90 Å². The van der Waals surface area contributed by atoms with E-state index in [4.69, 9.17) is 0 Å². The molecule has 0 saturated carbocycles. The molecule has 2 rings (SSSR count). The van der Waals surface area contributed by atoms with E-state index in [9.17, 15) is 15.0 Å². The summed E-state index contributed by atoms with van der Waals surface area (Å²) in [4.78, 5) is 13.6. The minimum absolute atomic E-state index is 0.281. The number of likely N-dealkylation sites (tertiary alicyclic amines) is 1. The van der Waals surface area contributed by atoms with Crippen LogP contribution in [-0.2, 0) is 11.3 Å². The molecule has 1 aliphatic rings. The van der Waals surface area contributed by atoms with E-state index in [0.717, 1.165) is 25.2 Å². The molecule has 4 heteroatoms. The SMILES string of the molecule is CCC1(C(=O)O)CCN(Cc2cccc(O)c2)CC1. The Morgan fingerprint density at radius 3 is 2.58 bits per heavy atom. The fourth-order valence-electron chi connectivity index (χ4n) is 2.77. The minimum Gasteiger partial charge on any atom is -0.508 e. The highest BCUT2D eigenvalue weighted by molar-refractivity contribution is 5.74. The third-order valence-electron chi connectivity index (χ3n) is 4.26. The molecule has 0 amide bonds. The van der Waals surface area contributed by atoms with Crippen LogP contribution in [0, 0.1) is 5.41 Å². The van der Waals surface area contributed by atoms with Gasteiger partial charge in [0.2, 0.25) is 0 Å². The van der Waals surface area contributed by atoms with Crippen molar-refractivity contribution in [1.82, 2.24) is 4.90 Å². The number of carboxylic acids is 1. The number of nitrogens with zero attached hydrogens (tertiary/aromatic N) is 1. The van der Waals surface area contributed by atoms with Gasteiger partial charge in [-0.05, 0) is 50.0 Å². The van der Waals surface area contributed by atoms with Gasteiger partial charge in [-0.15, -0.1) is 0 Å². The van der Waals surface area contributed by atoms with Gasteiger partial charge in [-0.2, -0.15) is 0 Å². The topological polar surface area (TPSA) is 60.8 Å². The number of rotatable bonds is 4. The van der Waals surface area contributed by atoms with Gasteiger partial charge in [0.15, 0.2) is 0 Å². The average molecular weight is 263 g/mol. The van der Waals surface area contributed by atoms with Gasteiger partial charge in [-0.3, -0.25) is 9.69 Å². The van der Waals surface area contributed by atoms with Crippen LogP contribution >= 0.6 is 0 Å². The molecular weight excluding hydrogens is 242 g/mol. The summed E-state index contributed by atoms with van der Waals surface area (Å²) in [5.41, 5.74) is 0.536. The third kappa shape index (κ3) is 3.07. The smallest absolute Gasteiger partial charge is 0.309 e. The second kappa shape index (κ2) is 5.61. The van der Waals surface area contributed by atoms with Crippen molar-refractivity contribution in [1.29, 1.82) is 0 Å². The number of phenolic OH excluding ortho intramolecular Hbond substituents is 1. The first-order valence-corrected chi connectivity index (χ1v) is 6.79. The predicted octanol–water partition coefficient (Wildman–Crippen LogP) is 2.47. The van der Waals surface area contributed by atoms with E-state index in [-0.39, 0.29) is 5.75 Å². The van der Waals surface area contributed by atoms with E-state index in [0.29, 0.717) is 19.3 Å². The van der Waals surface area contributed by atoms with Crippen molar-refractivity contribution in [2.24, 2.45) is 5.41 Å². The fourth-order valence-corrected chi connectivity index (χ4v) is 2.77. The van der Waals surface area contributed by atoms with Crippen LogP contribution < -0.4 is 0 Å². The molecule has 4 nitrogen and oxygen atoms in total. The van der Waals surface area contributed by atoms with Crippen molar-refractivity contribution in [2.75, 3.05) is 13.1 Å². The summed E-state index contributed by atoms with van der Waals surface area (Å²) in [7, 11) is 0. The van der Waals surface area contributed by atoms with E-state index in [1.54, 1.807) is 12.1 Å². The number of benzene rings is 1. The number of carbonyl (C=O) groups is 1. The van der Waals surface area contributed by atoms with Gasteiger partial charge in [-0.25, -0.2) is 0 Å². The summed E-state index contributed by atoms with van der Waals surface area (Å²) in [5, 5.41) is 18.8. The summed E-state index contributed by atoms with van der Waals surface area (Å²) < 4.78 is 0. The highest BCUT2D eigenvalue weighted by Gasteiger charge is 2.39. The van der Waals surface area contributed by atoms with Crippen LogP contribution in [0.15, 0.2) is 24.3 Å². The summed E-state index contributed by atoms with van der Waals surface area (Å²) in [5.74, 6) is -0.380. The van der Waals surface area contributed by atoms with E-state index in [1.807, 2.05) is 19.1 Å². The van der Waals surface area contributed by atoms with E-state index in [1.165, 1.54) is 0 Å². The zero-order valence-electron chi connectivity index (χ0n) is 11.3. The van der Waals surface area contributed by atoms with Gasteiger partial charge in [0.05, 0.1) is 5.41 Å². The molecule has 1 aliphatic heterocycles. The molecule has 1 aromatic rings. The number of hydrogen-bond donors (Lipinski definition) is 2. The molecule has 1 saturated heterocycles. The Hall–Kier alpha value is -1.55. The Labute approximate surface area is 113 Å². The van der Waals surface area contributed by atoms with Crippen LogP contribution in [-0.4, -0.2) is 34.2 Å². The average Bonchev–Trinajstić information content (AvgIpc) is 2.39. The minimum atomic E-state index is -0.660. The van der Waals surface area contributed by atoms with Gasteiger partial charge in [0.25, 0.3) is 0 Å². The zero-order valence-corrected chi connectivity index (χ0v) is 11.3. The number of phenols is 1. The number of piperidine rings is 1. The molecule has 0 radical (unpaired) electrons. The van der Waals surface area contributed by atoms with Crippen LogP contribution in [0.4, 0.5) is 0 Å². The first-order valence-electron chi connectivity index (χ1n) is 6.79. The Bertz CT molecular complexity index is 450. The van der Waals surface area contributed by atoms with Gasteiger partial charge < -0.3 is 10.2 Å². The number of aliphatic carboxylic acids is 1. The highest BCUT2D eigenvalue weighted by Crippen LogP contribution is 2.35. The lowest BCUT2D eigenvalue weighted by molar-refractivity contribution is -0.152. The molecule has 0 unspecified atom stereocenters. The number of carboxylic acid groups (broad SMARTS) is 1. The van der Waals surface area contributed by atoms with Crippen molar-refractivity contribution in [2.45, 2.75) is 32.7 Å². The van der Waals surface area contributed by atoms with Crippen molar-refractivity contribution < 1.29 is 15.0 Å². The molecular formula is C15H21NO3. The molecule has 0 aliphatic carbocycles. The molecule has 1 heterocycles. The van der Waals surface area contributed by atoms with Crippen LogP contribution in [0.5, 0.6) is 5.75 Å². The second-order valence-corrected chi connectivity index (χ2v) is 5.39. The third-order valence-corrected chi connectivity index (χ3v) is 4.26. The first-order chi connectivity index (χ1) is 9.05. The van der Waals surface area contributed by atoms with Gasteiger partial charge in [0, 0.05) is 6.54 Å². The Morgan fingerprint density at radius 2 is 2.05 bits per heavy atom. The normalized spacial score (nSPS) is 19.2. The number of aromatic hydroxyl groups is 1. The summed E-state index contributed by atoms with van der Waals surface area (Å²) >= 11 is 0. The maximum Gasteiger partial charge on any atom is 0.309 e. The first kappa shape index (κ1) is 13.9. The summed E-state index contributed by atoms with van der Waals surface area (Å²) in [6.07, 6.45) is 2.11. The Kier molecular flexibility index (Phi) is 4.10. The molecule has 2 N–H and O–H groups in total. The van der Waals surface area contributed by atoms with Crippen molar-refractivity contribution in [3.63, 3.8) is 0 Å². The second-order valence-electron chi connectivity index (χ2n) is 5.39. The summed E-state index contributed by atoms with van der Waals surface area (Å²) in [6, 6.07) is 7.24. The molecule has 0 atom stereocenters. The molecule has 1 aromatic carbocycles. The van der Waals surface area contributed by atoms with Crippen LogP contribution in [0.25, 0.3) is 0 Å². The highest BCUT2D eigenvalue weighted by atomic mass is 16.4. The lowest BCUT2D eigenvalue weighted by atomic mass is 9.76. The van der Waals surface area contributed by atoms with Crippen molar-refractivity contribution in [3.05, 3.63) is 29.8 Å². The van der Waals surface area contributed by atoms with E-state index < -0.39 is 11.4 Å². The lowest BCUT2D eigenvalue weighted by Gasteiger charge is -2.38. The largest absolute Gasteiger partial charge is 0.508 e. The standard InChI is InChI=1S/C15H21NO3/c1-2-15(14(18)19)6-8-16(9-7-15)11-12-4-3-5-13(17)10-12/h3-5,10,17H,2,6-9,11H2,1H3,(H,18,19). The molecule has 1 fully saturated rings. The van der Waals surface area contributed by atoms with Crippen molar-refractivity contribution in [3.8, 4) is 5.75 Å².